The molecule has 9 heteroatoms. The summed E-state index contributed by atoms with van der Waals surface area (Å²) in [7, 11) is 1.15. The molecule has 0 radical (unpaired) electrons. The summed E-state index contributed by atoms with van der Waals surface area (Å²) in [6, 6.07) is 0. The van der Waals surface area contributed by atoms with Crippen LogP contribution in [0.2, 0.25) is 0 Å². The van der Waals surface area contributed by atoms with Crippen molar-refractivity contribution in [3.05, 3.63) is 11.1 Å². The Labute approximate surface area is 119 Å². The molecule has 1 heterocycles. The largest absolute Gasteiger partial charge is 0.464 e. The topological polar surface area (TPSA) is 110 Å². The average molecular weight is 301 g/mol. The van der Waals surface area contributed by atoms with E-state index in [4.69, 9.17) is 9.94 Å². The second-order valence-corrected chi connectivity index (χ2v) is 5.46. The van der Waals surface area contributed by atoms with E-state index in [0.29, 0.717) is 0 Å². The van der Waals surface area contributed by atoms with Crippen molar-refractivity contribution < 1.29 is 24.3 Å². The Bertz CT molecular complexity index is 532. The quantitative estimate of drug-likeness (QED) is 0.381. The fraction of sp³-hybridized carbons (Fsp3) is 0.455. The third kappa shape index (κ3) is 4.50. The highest BCUT2D eigenvalue weighted by molar-refractivity contribution is 7.14. The van der Waals surface area contributed by atoms with Gasteiger partial charge in [0.1, 0.15) is 11.3 Å². The minimum Gasteiger partial charge on any atom is -0.464 e. The standard InChI is InChI=1S/C11H15N3O5S/c1-11(2,3)19-10(16)13-9-12-6(5-20-9)7(14-17)8(15)18-4/h5,17H,1-4H3,(H,12,13,16)/b14-7-. The van der Waals surface area contributed by atoms with Gasteiger partial charge in [-0.25, -0.2) is 14.6 Å². The molecule has 0 aromatic carbocycles. The predicted octanol–water partition coefficient (Wildman–Crippen LogP) is 1.84. The first kappa shape index (κ1) is 15.9. The van der Waals surface area contributed by atoms with Crippen molar-refractivity contribution in [2.75, 3.05) is 12.4 Å². The summed E-state index contributed by atoms with van der Waals surface area (Å²) in [5.41, 5.74) is -0.884. The van der Waals surface area contributed by atoms with Crippen LogP contribution in [-0.2, 0) is 14.3 Å². The Balaban J connectivity index is 2.78. The molecule has 0 bridgehead atoms. The normalized spacial score (nSPS) is 11.9. The van der Waals surface area contributed by atoms with E-state index in [1.165, 1.54) is 5.38 Å². The number of nitrogens with one attached hydrogen (secondary N) is 1. The minimum atomic E-state index is -0.832. The van der Waals surface area contributed by atoms with Gasteiger partial charge in [0.15, 0.2) is 5.13 Å². The van der Waals surface area contributed by atoms with Gasteiger partial charge in [-0.15, -0.1) is 11.3 Å². The van der Waals surface area contributed by atoms with Crippen LogP contribution in [0.5, 0.6) is 0 Å². The monoisotopic (exact) mass is 301 g/mol. The number of hydrogen-bond donors (Lipinski definition) is 2. The molecule has 0 fully saturated rings. The zero-order valence-corrected chi connectivity index (χ0v) is 12.3. The highest BCUT2D eigenvalue weighted by Crippen LogP contribution is 2.18. The first-order valence-corrected chi connectivity index (χ1v) is 6.41. The maximum Gasteiger partial charge on any atom is 0.413 e. The van der Waals surface area contributed by atoms with Gasteiger partial charge in [-0.2, -0.15) is 0 Å². The molecule has 110 valence electrons. The summed E-state index contributed by atoms with van der Waals surface area (Å²) in [6.07, 6.45) is -0.668. The fourth-order valence-electron chi connectivity index (χ4n) is 1.12. The number of methoxy groups -OCH3 is 1. The molecule has 1 amide bonds. The Morgan fingerprint density at radius 2 is 2.10 bits per heavy atom. The van der Waals surface area contributed by atoms with Crippen LogP contribution in [0.25, 0.3) is 0 Å². The van der Waals surface area contributed by atoms with Crippen LogP contribution in [0.3, 0.4) is 0 Å². The Morgan fingerprint density at radius 1 is 1.45 bits per heavy atom. The van der Waals surface area contributed by atoms with Gasteiger partial charge >= 0.3 is 12.1 Å². The molecule has 0 aliphatic heterocycles. The molecule has 0 unspecified atom stereocenters. The molecule has 8 nitrogen and oxygen atoms in total. The van der Waals surface area contributed by atoms with Crippen molar-refractivity contribution in [1.82, 2.24) is 4.98 Å². The van der Waals surface area contributed by atoms with Crippen LogP contribution in [-0.4, -0.2) is 40.7 Å². The molecule has 0 saturated heterocycles. The third-order valence-corrected chi connectivity index (χ3v) is 2.59. The highest BCUT2D eigenvalue weighted by atomic mass is 32.1. The smallest absolute Gasteiger partial charge is 0.413 e. The van der Waals surface area contributed by atoms with Crippen molar-refractivity contribution in [2.45, 2.75) is 26.4 Å². The summed E-state index contributed by atoms with van der Waals surface area (Å²) in [5.74, 6) is -0.832. The number of esters is 1. The predicted molar refractivity (Wildman–Crippen MR) is 72.3 cm³/mol. The lowest BCUT2D eigenvalue weighted by atomic mass is 10.2. The SMILES string of the molecule is COC(=O)/C(=N\O)c1csc(NC(=O)OC(C)(C)C)n1. The molecule has 20 heavy (non-hydrogen) atoms. The Kier molecular flexibility index (Phi) is 5.03. The number of oxime groups is 1. The van der Waals surface area contributed by atoms with Gasteiger partial charge in [0, 0.05) is 5.38 Å². The number of ether oxygens (including phenoxy) is 2. The zero-order valence-electron chi connectivity index (χ0n) is 11.5. The molecular formula is C11H15N3O5S. The second-order valence-electron chi connectivity index (χ2n) is 4.60. The molecule has 0 atom stereocenters. The first-order chi connectivity index (χ1) is 9.26. The van der Waals surface area contributed by atoms with E-state index in [2.05, 4.69) is 20.2 Å². The number of thiazole rings is 1. The molecule has 1 aromatic heterocycles. The van der Waals surface area contributed by atoms with E-state index in [-0.39, 0.29) is 16.5 Å². The lowest BCUT2D eigenvalue weighted by Crippen LogP contribution is -2.27. The molecule has 0 aliphatic rings. The van der Waals surface area contributed by atoms with Crippen LogP contribution in [0.15, 0.2) is 10.5 Å². The van der Waals surface area contributed by atoms with Gasteiger partial charge in [0.25, 0.3) is 0 Å². The summed E-state index contributed by atoms with van der Waals surface area (Å²) in [4.78, 5) is 26.8. The third-order valence-electron chi connectivity index (χ3n) is 1.83. The number of carbonyl (C=O) groups excluding carboxylic acids is 2. The van der Waals surface area contributed by atoms with E-state index in [0.717, 1.165) is 18.4 Å². The van der Waals surface area contributed by atoms with Crippen LogP contribution < -0.4 is 5.32 Å². The summed E-state index contributed by atoms with van der Waals surface area (Å²) < 4.78 is 9.49. The van der Waals surface area contributed by atoms with Gasteiger partial charge in [-0.05, 0) is 20.8 Å². The van der Waals surface area contributed by atoms with Gasteiger partial charge in [0.05, 0.1) is 7.11 Å². The van der Waals surface area contributed by atoms with E-state index in [9.17, 15) is 9.59 Å². The maximum absolute atomic E-state index is 11.5. The summed E-state index contributed by atoms with van der Waals surface area (Å²) in [6.45, 7) is 5.19. The maximum atomic E-state index is 11.5. The number of amides is 1. The number of nitrogens with zero attached hydrogens (tertiary/aromatic N) is 2. The van der Waals surface area contributed by atoms with Crippen LogP contribution >= 0.6 is 11.3 Å². The van der Waals surface area contributed by atoms with Gasteiger partial charge < -0.3 is 14.7 Å². The molecule has 2 N–H and O–H groups in total. The average Bonchev–Trinajstić information content (AvgIpc) is 2.75. The number of anilines is 1. The molecular weight excluding hydrogens is 286 g/mol. The number of aromatic nitrogens is 1. The minimum absolute atomic E-state index is 0.0930. The van der Waals surface area contributed by atoms with E-state index >= 15 is 0 Å². The zero-order chi connectivity index (χ0) is 15.3. The lowest BCUT2D eigenvalue weighted by Gasteiger charge is -2.18. The van der Waals surface area contributed by atoms with Crippen molar-refractivity contribution in [3.63, 3.8) is 0 Å². The van der Waals surface area contributed by atoms with Gasteiger partial charge in [0.2, 0.25) is 5.71 Å². The Morgan fingerprint density at radius 3 is 2.60 bits per heavy atom. The molecule has 0 aliphatic carbocycles. The number of hydrogen-bond acceptors (Lipinski definition) is 8. The number of rotatable bonds is 3. The van der Waals surface area contributed by atoms with Gasteiger partial charge in [-0.1, -0.05) is 5.16 Å². The van der Waals surface area contributed by atoms with Crippen LogP contribution in [0, 0.1) is 0 Å². The summed E-state index contributed by atoms with van der Waals surface area (Å²) >= 11 is 1.05. The second kappa shape index (κ2) is 6.33. The Hall–Kier alpha value is -2.16. The molecule has 1 rings (SSSR count). The van der Waals surface area contributed by atoms with E-state index < -0.39 is 17.7 Å². The van der Waals surface area contributed by atoms with Crippen molar-refractivity contribution >= 4 is 34.2 Å². The summed E-state index contributed by atoms with van der Waals surface area (Å²) in [5, 5.41) is 15.7. The molecule has 0 spiro atoms. The molecule has 1 aromatic rings. The lowest BCUT2D eigenvalue weighted by molar-refractivity contribution is -0.132. The van der Waals surface area contributed by atoms with Crippen molar-refractivity contribution in [1.29, 1.82) is 0 Å². The van der Waals surface area contributed by atoms with Crippen molar-refractivity contribution in [2.24, 2.45) is 5.16 Å². The van der Waals surface area contributed by atoms with E-state index in [1.54, 1.807) is 20.8 Å². The first-order valence-electron chi connectivity index (χ1n) is 5.53. The van der Waals surface area contributed by atoms with Crippen LogP contribution in [0.1, 0.15) is 26.5 Å². The highest BCUT2D eigenvalue weighted by Gasteiger charge is 2.21. The van der Waals surface area contributed by atoms with Gasteiger partial charge in [-0.3, -0.25) is 5.32 Å². The van der Waals surface area contributed by atoms with Crippen LogP contribution in [0.4, 0.5) is 9.93 Å². The number of carbonyl (C=O) groups is 2. The van der Waals surface area contributed by atoms with E-state index in [1.807, 2.05) is 0 Å². The fourth-order valence-corrected chi connectivity index (χ4v) is 1.81. The van der Waals surface area contributed by atoms with Crippen molar-refractivity contribution in [3.8, 4) is 0 Å². The molecule has 0 saturated carbocycles.